The summed E-state index contributed by atoms with van der Waals surface area (Å²) in [5.74, 6) is 6.49. The lowest BCUT2D eigenvalue weighted by molar-refractivity contribution is 0.0984. The molecule has 0 aliphatic rings. The Kier molecular flexibility index (Phi) is 5.15. The summed E-state index contributed by atoms with van der Waals surface area (Å²) in [6.07, 6.45) is 1.18. The fourth-order valence-corrected chi connectivity index (χ4v) is 1.35. The van der Waals surface area contributed by atoms with Crippen LogP contribution in [-0.2, 0) is 0 Å². The molecule has 0 fully saturated rings. The second-order valence-corrected chi connectivity index (χ2v) is 3.30. The van der Waals surface area contributed by atoms with Crippen LogP contribution in [0.15, 0.2) is 24.3 Å². The number of hydrogen-bond donors (Lipinski definition) is 0. The number of benzene rings is 1. The largest absolute Gasteiger partial charge is 0.492 e. The van der Waals surface area contributed by atoms with Crippen molar-refractivity contribution in [1.29, 1.82) is 0 Å². The second kappa shape index (κ2) is 6.68. The van der Waals surface area contributed by atoms with E-state index in [1.165, 1.54) is 0 Å². The summed E-state index contributed by atoms with van der Waals surface area (Å²) in [6.45, 7) is 4.17. The molecule has 0 aliphatic heterocycles. The highest BCUT2D eigenvalue weighted by atomic mass is 16.5. The first-order valence-corrected chi connectivity index (χ1v) is 5.44. The lowest BCUT2D eigenvalue weighted by Gasteiger charge is -2.08. The van der Waals surface area contributed by atoms with Crippen LogP contribution in [0.25, 0.3) is 0 Å². The van der Waals surface area contributed by atoms with E-state index in [4.69, 9.17) is 4.74 Å². The molecule has 0 atom stereocenters. The Morgan fingerprint density at radius 1 is 1.38 bits per heavy atom. The maximum atomic E-state index is 11.6. The predicted octanol–water partition coefficient (Wildman–Crippen LogP) is 3.07. The fourth-order valence-electron chi connectivity index (χ4n) is 1.35. The van der Waals surface area contributed by atoms with Gasteiger partial charge in [0.05, 0.1) is 12.2 Å². The van der Waals surface area contributed by atoms with Crippen LogP contribution < -0.4 is 4.74 Å². The van der Waals surface area contributed by atoms with Gasteiger partial charge < -0.3 is 4.74 Å². The van der Waals surface area contributed by atoms with Gasteiger partial charge in [0.1, 0.15) is 5.75 Å². The molecule has 2 nitrogen and oxygen atoms in total. The van der Waals surface area contributed by atoms with Crippen LogP contribution in [0.4, 0.5) is 0 Å². The Bertz CT molecular complexity index is 410. The predicted molar refractivity (Wildman–Crippen MR) is 64.6 cm³/mol. The smallest absolute Gasteiger partial charge is 0.166 e. The van der Waals surface area contributed by atoms with Crippen molar-refractivity contribution in [1.82, 2.24) is 0 Å². The molecule has 0 radical (unpaired) electrons. The zero-order valence-electron chi connectivity index (χ0n) is 9.75. The molecular weight excluding hydrogens is 200 g/mol. The standard InChI is InChI=1S/C14H16O2/c1-3-5-8-11-16-14-10-7-6-9-12(14)13(15)4-2/h6-7,9-10H,4,8,11H2,1-2H3. The topological polar surface area (TPSA) is 26.3 Å². The van der Waals surface area contributed by atoms with Crippen LogP contribution in [0, 0.1) is 11.8 Å². The highest BCUT2D eigenvalue weighted by molar-refractivity contribution is 5.98. The van der Waals surface area contributed by atoms with Crippen molar-refractivity contribution in [3.8, 4) is 17.6 Å². The monoisotopic (exact) mass is 216 g/mol. The van der Waals surface area contributed by atoms with Gasteiger partial charge in [0.2, 0.25) is 0 Å². The van der Waals surface area contributed by atoms with Gasteiger partial charge in [-0.05, 0) is 19.1 Å². The molecule has 16 heavy (non-hydrogen) atoms. The Morgan fingerprint density at radius 3 is 2.81 bits per heavy atom. The van der Waals surface area contributed by atoms with Gasteiger partial charge in [-0.2, -0.15) is 0 Å². The number of carbonyl (C=O) groups is 1. The van der Waals surface area contributed by atoms with Gasteiger partial charge in [-0.25, -0.2) is 0 Å². The molecule has 0 saturated carbocycles. The zero-order chi connectivity index (χ0) is 11.8. The first-order valence-electron chi connectivity index (χ1n) is 5.44. The lowest BCUT2D eigenvalue weighted by Crippen LogP contribution is -2.03. The normalized spacial score (nSPS) is 9.12. The summed E-state index contributed by atoms with van der Waals surface area (Å²) in [5, 5.41) is 0. The summed E-state index contributed by atoms with van der Waals surface area (Å²) < 4.78 is 5.54. The number of para-hydroxylation sites is 1. The molecule has 0 aliphatic carbocycles. The quantitative estimate of drug-likeness (QED) is 0.429. The minimum absolute atomic E-state index is 0.108. The number of hydrogen-bond acceptors (Lipinski definition) is 2. The third-order valence-corrected chi connectivity index (χ3v) is 2.17. The third kappa shape index (κ3) is 3.43. The summed E-state index contributed by atoms with van der Waals surface area (Å²) >= 11 is 0. The van der Waals surface area contributed by atoms with Crippen LogP contribution in [0.3, 0.4) is 0 Å². The van der Waals surface area contributed by atoms with E-state index < -0.39 is 0 Å². The molecule has 0 aromatic heterocycles. The SMILES string of the molecule is CC#CCCOc1ccccc1C(=O)CC. The third-order valence-electron chi connectivity index (χ3n) is 2.17. The molecule has 0 unspecified atom stereocenters. The number of ether oxygens (including phenoxy) is 1. The molecule has 0 N–H and O–H groups in total. The van der Waals surface area contributed by atoms with Gasteiger partial charge in [0, 0.05) is 12.8 Å². The van der Waals surface area contributed by atoms with Crippen molar-refractivity contribution < 1.29 is 9.53 Å². The Morgan fingerprint density at radius 2 is 2.12 bits per heavy atom. The molecule has 0 amide bonds. The van der Waals surface area contributed by atoms with Gasteiger partial charge >= 0.3 is 0 Å². The van der Waals surface area contributed by atoms with E-state index in [1.54, 1.807) is 13.0 Å². The van der Waals surface area contributed by atoms with E-state index in [2.05, 4.69) is 11.8 Å². The molecule has 0 saturated heterocycles. The highest BCUT2D eigenvalue weighted by Crippen LogP contribution is 2.19. The molecular formula is C14H16O2. The van der Waals surface area contributed by atoms with Gasteiger partial charge in [0.25, 0.3) is 0 Å². The Hall–Kier alpha value is -1.75. The van der Waals surface area contributed by atoms with E-state index in [0.717, 1.165) is 0 Å². The first-order chi connectivity index (χ1) is 7.79. The fraction of sp³-hybridized carbons (Fsp3) is 0.357. The number of rotatable bonds is 5. The van der Waals surface area contributed by atoms with E-state index in [9.17, 15) is 4.79 Å². The minimum atomic E-state index is 0.108. The van der Waals surface area contributed by atoms with E-state index in [1.807, 2.05) is 25.1 Å². The first kappa shape index (κ1) is 12.3. The number of Topliss-reactive ketones (excluding diaryl/α,β-unsaturated/α-hetero) is 1. The van der Waals surface area contributed by atoms with Crippen molar-refractivity contribution in [3.05, 3.63) is 29.8 Å². The molecule has 2 heteroatoms. The Balaban J connectivity index is 2.70. The van der Waals surface area contributed by atoms with Gasteiger partial charge in [0.15, 0.2) is 5.78 Å². The van der Waals surface area contributed by atoms with E-state index >= 15 is 0 Å². The lowest BCUT2D eigenvalue weighted by atomic mass is 10.1. The average molecular weight is 216 g/mol. The average Bonchev–Trinajstić information content (AvgIpc) is 2.34. The maximum absolute atomic E-state index is 11.6. The van der Waals surface area contributed by atoms with Gasteiger partial charge in [-0.1, -0.05) is 19.1 Å². The van der Waals surface area contributed by atoms with Crippen LogP contribution in [0.2, 0.25) is 0 Å². The van der Waals surface area contributed by atoms with Crippen LogP contribution >= 0.6 is 0 Å². The summed E-state index contributed by atoms with van der Waals surface area (Å²) in [7, 11) is 0. The zero-order valence-corrected chi connectivity index (χ0v) is 9.75. The van der Waals surface area contributed by atoms with Crippen molar-refractivity contribution >= 4 is 5.78 Å². The second-order valence-electron chi connectivity index (χ2n) is 3.30. The van der Waals surface area contributed by atoms with Crippen molar-refractivity contribution in [2.24, 2.45) is 0 Å². The van der Waals surface area contributed by atoms with Gasteiger partial charge in [-0.3, -0.25) is 4.79 Å². The van der Waals surface area contributed by atoms with Crippen LogP contribution in [0.5, 0.6) is 5.75 Å². The molecule has 0 bridgehead atoms. The molecule has 1 aromatic carbocycles. The van der Waals surface area contributed by atoms with Crippen molar-refractivity contribution in [3.63, 3.8) is 0 Å². The van der Waals surface area contributed by atoms with Crippen LogP contribution in [0.1, 0.15) is 37.0 Å². The van der Waals surface area contributed by atoms with Crippen LogP contribution in [-0.4, -0.2) is 12.4 Å². The van der Waals surface area contributed by atoms with Crippen molar-refractivity contribution in [2.75, 3.05) is 6.61 Å². The minimum Gasteiger partial charge on any atom is -0.492 e. The number of carbonyl (C=O) groups excluding carboxylic acids is 1. The van der Waals surface area contributed by atoms with Gasteiger partial charge in [-0.15, -0.1) is 11.8 Å². The Labute approximate surface area is 96.6 Å². The summed E-state index contributed by atoms with van der Waals surface area (Å²) in [5.41, 5.74) is 0.662. The molecule has 84 valence electrons. The van der Waals surface area contributed by atoms with E-state index in [0.29, 0.717) is 30.8 Å². The molecule has 0 spiro atoms. The molecule has 1 rings (SSSR count). The highest BCUT2D eigenvalue weighted by Gasteiger charge is 2.09. The summed E-state index contributed by atoms with van der Waals surface area (Å²) in [4.78, 5) is 11.6. The number of ketones is 1. The summed E-state index contributed by atoms with van der Waals surface area (Å²) in [6, 6.07) is 7.34. The molecule has 0 heterocycles. The van der Waals surface area contributed by atoms with Crippen molar-refractivity contribution in [2.45, 2.75) is 26.7 Å². The maximum Gasteiger partial charge on any atom is 0.166 e. The molecule has 1 aromatic rings. The van der Waals surface area contributed by atoms with E-state index in [-0.39, 0.29) is 5.78 Å².